The molecule has 402 valence electrons. The minimum Gasteiger partial charge on any atom is -0.252 e. The number of benzene rings is 2. The number of hydrogen-bond acceptors (Lipinski definition) is 2. The summed E-state index contributed by atoms with van der Waals surface area (Å²) in [5, 5.41) is 0. The van der Waals surface area contributed by atoms with Crippen LogP contribution in [0.3, 0.4) is 0 Å². The molecule has 0 saturated carbocycles. The molecule has 0 atom stereocenters. The summed E-state index contributed by atoms with van der Waals surface area (Å²) in [5.74, 6) is 0. The molecule has 2 rings (SSSR count). The van der Waals surface area contributed by atoms with Crippen molar-refractivity contribution in [3.63, 3.8) is 0 Å². The van der Waals surface area contributed by atoms with Crippen molar-refractivity contribution in [2.75, 3.05) is 0 Å². The summed E-state index contributed by atoms with van der Waals surface area (Å²) in [6.45, 7) is 9.22. The van der Waals surface area contributed by atoms with Gasteiger partial charge in [-0.3, -0.25) is 9.98 Å². The minimum atomic E-state index is 0. The Kier molecular flexibility index (Phi) is 48.8. The Morgan fingerprint density at radius 1 is 0.286 bits per heavy atom. The number of aliphatic imine (C=N–C) groups is 2. The first kappa shape index (κ1) is 65.9. The van der Waals surface area contributed by atoms with E-state index in [4.69, 9.17) is 9.98 Å². The van der Waals surface area contributed by atoms with Gasteiger partial charge in [-0.2, -0.15) is 0 Å². The minimum absolute atomic E-state index is 0. The maximum atomic E-state index is 5.43. The van der Waals surface area contributed by atoms with Crippen LogP contribution in [-0.4, -0.2) is 11.4 Å². The van der Waals surface area contributed by atoms with Gasteiger partial charge in [-0.05, 0) is 86.8 Å². The zero-order valence-corrected chi connectivity index (χ0v) is 48.5. The molecule has 0 radical (unpaired) electrons. The van der Waals surface area contributed by atoms with Gasteiger partial charge in [0.05, 0.1) is 22.8 Å². The van der Waals surface area contributed by atoms with Crippen molar-refractivity contribution in [3.05, 3.63) is 71.8 Å². The number of hydrogen-bond donors (Lipinski definition) is 0. The maximum absolute atomic E-state index is 5.43. The Hall–Kier alpha value is -2.08. The van der Waals surface area contributed by atoms with E-state index in [2.05, 4.69) is 101 Å². The van der Waals surface area contributed by atoms with E-state index in [-0.39, 0.29) is 20.4 Å². The van der Waals surface area contributed by atoms with Gasteiger partial charge in [-0.25, -0.2) is 0 Å². The molecule has 0 aromatic heterocycles. The average molecular weight is 1050 g/mol. The summed E-state index contributed by atoms with van der Waals surface area (Å²) in [6.07, 6.45) is 70.4. The first-order valence-corrected chi connectivity index (χ1v) is 30.9. The van der Waals surface area contributed by atoms with E-state index >= 15 is 0 Å². The normalized spacial score (nSPS) is 12.2. The van der Waals surface area contributed by atoms with E-state index in [0.717, 1.165) is 24.2 Å². The van der Waals surface area contributed by atoms with Crippen molar-refractivity contribution in [2.24, 2.45) is 9.98 Å². The fourth-order valence-electron chi connectivity index (χ4n) is 9.84. The molecule has 0 unspecified atom stereocenters. The molecule has 0 bridgehead atoms. The molecule has 0 heterocycles. The van der Waals surface area contributed by atoms with Crippen LogP contribution in [0.2, 0.25) is 0 Å². The second-order valence-corrected chi connectivity index (χ2v) is 21.3. The van der Waals surface area contributed by atoms with Crippen LogP contribution < -0.4 is 0 Å². The van der Waals surface area contributed by atoms with E-state index in [1.807, 2.05) is 0 Å². The van der Waals surface area contributed by atoms with Gasteiger partial charge in [0.15, 0.2) is 0 Å². The fourth-order valence-corrected chi connectivity index (χ4v) is 9.84. The Balaban J connectivity index is 0.0000245. The predicted octanol–water partition coefficient (Wildman–Crippen LogP) is 24.2. The van der Waals surface area contributed by atoms with Crippen LogP contribution in [0.1, 0.15) is 328 Å². The first-order chi connectivity index (χ1) is 34.2. The summed E-state index contributed by atoms with van der Waals surface area (Å²) < 4.78 is 0. The Morgan fingerprint density at radius 3 is 0.757 bits per heavy atom. The number of rotatable bonds is 50. The van der Waals surface area contributed by atoms with Crippen LogP contribution in [0.15, 0.2) is 70.7 Å². The van der Waals surface area contributed by atoms with Crippen molar-refractivity contribution in [1.82, 2.24) is 0 Å². The van der Waals surface area contributed by atoms with E-state index in [9.17, 15) is 0 Å². The third-order valence-corrected chi connectivity index (χ3v) is 14.5. The third kappa shape index (κ3) is 40.4. The summed E-state index contributed by atoms with van der Waals surface area (Å²) in [4.78, 5) is 10.9. The molecule has 0 spiro atoms. The zero-order valence-electron chi connectivity index (χ0n) is 47.0. The van der Waals surface area contributed by atoms with Gasteiger partial charge in [0.2, 0.25) is 0 Å². The molecule has 0 fully saturated rings. The van der Waals surface area contributed by atoms with Crippen molar-refractivity contribution in [2.45, 2.75) is 317 Å². The van der Waals surface area contributed by atoms with E-state index < -0.39 is 0 Å². The van der Waals surface area contributed by atoms with Crippen LogP contribution in [0.5, 0.6) is 0 Å². The summed E-state index contributed by atoms with van der Waals surface area (Å²) >= 11 is 0. The average Bonchev–Trinajstić information content (AvgIpc) is 3.37. The van der Waals surface area contributed by atoms with Gasteiger partial charge >= 0.3 is 0 Å². The number of unbranched alkanes of at least 4 members (excludes halogenated alkanes) is 39. The third-order valence-electron chi connectivity index (χ3n) is 14.5. The number of allylic oxidation sites excluding steroid dienone is 2. The predicted molar refractivity (Wildman–Crippen MR) is 316 cm³/mol. The Labute approximate surface area is 451 Å². The molecule has 2 nitrogen and oxygen atoms in total. The molecule has 0 aliphatic heterocycles. The van der Waals surface area contributed by atoms with Gasteiger partial charge in [0, 0.05) is 20.4 Å². The quantitative estimate of drug-likeness (QED) is 0.0358. The van der Waals surface area contributed by atoms with Gasteiger partial charge in [0.25, 0.3) is 0 Å². The molecule has 0 aliphatic rings. The van der Waals surface area contributed by atoms with Gasteiger partial charge in [-0.1, -0.05) is 314 Å². The summed E-state index contributed by atoms with van der Waals surface area (Å²) in [7, 11) is 0. The fraction of sp³-hybridized carbons (Fsp3) is 0.731. The van der Waals surface area contributed by atoms with Crippen LogP contribution >= 0.6 is 0 Å². The second kappa shape index (κ2) is 51.8. The van der Waals surface area contributed by atoms with E-state index in [1.54, 1.807) is 0 Å². The van der Waals surface area contributed by atoms with Crippen molar-refractivity contribution >= 4 is 35.0 Å². The largest absolute Gasteiger partial charge is 0.252 e. The van der Waals surface area contributed by atoms with Crippen molar-refractivity contribution < 1.29 is 20.4 Å². The van der Waals surface area contributed by atoms with E-state index in [1.165, 1.54) is 299 Å². The zero-order chi connectivity index (χ0) is 49.2. The SMILES string of the molecule is CCCCCCCCCCCC=Cc1ccc(N=C(CCCCCC)C(CCCCCCCCCCCCCCCCCCCCC)=Nc2ccc(C=CCCCCCCCCCCC)cc2)cc1.[Pd]. The molecule has 0 amide bonds. The number of nitrogens with zero attached hydrogens (tertiary/aromatic N) is 2. The first-order valence-electron chi connectivity index (χ1n) is 30.9. The standard InChI is InChI=1S/C67H114N2.Pd/c1-5-9-13-17-20-23-26-27-28-29-30-31-32-33-36-39-42-45-49-53-67(69-65-60-56-63(57-61-65)51-47-44-41-38-35-25-22-19-15-11-7-3)66(52-48-16-12-8-4)68-64-58-54-62(55-59-64)50-46-43-40-37-34-24-21-18-14-10-6-2;/h46-47,50-51,54-61H,5-45,48-49,52-53H2,1-4H3;. The van der Waals surface area contributed by atoms with Crippen LogP contribution in [0.4, 0.5) is 11.4 Å². The van der Waals surface area contributed by atoms with Crippen LogP contribution in [-0.2, 0) is 20.4 Å². The molecule has 0 saturated heterocycles. The van der Waals surface area contributed by atoms with Crippen LogP contribution in [0, 0.1) is 0 Å². The second-order valence-electron chi connectivity index (χ2n) is 21.3. The smallest absolute Gasteiger partial charge is 0.0634 e. The molecule has 0 N–H and O–H groups in total. The van der Waals surface area contributed by atoms with Crippen molar-refractivity contribution in [3.8, 4) is 0 Å². The van der Waals surface area contributed by atoms with Crippen molar-refractivity contribution in [1.29, 1.82) is 0 Å². The Bertz CT molecular complexity index is 1500. The van der Waals surface area contributed by atoms with Crippen LogP contribution in [0.25, 0.3) is 12.2 Å². The molecule has 70 heavy (non-hydrogen) atoms. The molecule has 0 aliphatic carbocycles. The van der Waals surface area contributed by atoms with Gasteiger partial charge in [-0.15, -0.1) is 0 Å². The molecule has 3 heteroatoms. The summed E-state index contributed by atoms with van der Waals surface area (Å²) in [5.41, 5.74) is 7.09. The monoisotopic (exact) mass is 1050 g/mol. The van der Waals surface area contributed by atoms with Gasteiger partial charge in [0.1, 0.15) is 0 Å². The molecule has 2 aromatic carbocycles. The van der Waals surface area contributed by atoms with Gasteiger partial charge < -0.3 is 0 Å². The Morgan fingerprint density at radius 2 is 0.500 bits per heavy atom. The molecular weight excluding hydrogens is 939 g/mol. The maximum Gasteiger partial charge on any atom is 0.0634 e. The molecule has 2 aromatic rings. The molecular formula is C67H114N2Pd. The van der Waals surface area contributed by atoms with E-state index in [0.29, 0.717) is 0 Å². The summed E-state index contributed by atoms with van der Waals surface area (Å²) in [6, 6.07) is 18.0. The topological polar surface area (TPSA) is 24.7 Å².